The summed E-state index contributed by atoms with van der Waals surface area (Å²) in [5.41, 5.74) is 0. The number of carbonyl (C=O) groups excluding carboxylic acids is 1. The standard InChI is InChI=1S/C6H11NO.3ClH/c8-5-6-1-3-7-4-2-6;;;/h5-7H,1-4H2;3*1H. The van der Waals surface area contributed by atoms with Crippen LogP contribution in [-0.2, 0) is 4.79 Å². The summed E-state index contributed by atoms with van der Waals surface area (Å²) >= 11 is 0. The van der Waals surface area contributed by atoms with Gasteiger partial charge in [0.05, 0.1) is 0 Å². The summed E-state index contributed by atoms with van der Waals surface area (Å²) in [6.07, 6.45) is 3.13. The molecule has 1 aliphatic heterocycles. The van der Waals surface area contributed by atoms with Crippen LogP contribution in [0.5, 0.6) is 0 Å². The number of carbonyl (C=O) groups is 1. The van der Waals surface area contributed by atoms with E-state index in [2.05, 4.69) is 5.32 Å². The lowest BCUT2D eigenvalue weighted by Crippen LogP contribution is -2.28. The zero-order valence-corrected chi connectivity index (χ0v) is 8.57. The van der Waals surface area contributed by atoms with Crippen molar-refractivity contribution in [1.29, 1.82) is 0 Å². The molecule has 1 fully saturated rings. The van der Waals surface area contributed by atoms with Gasteiger partial charge in [0.1, 0.15) is 6.29 Å². The molecule has 5 heteroatoms. The zero-order chi connectivity index (χ0) is 5.82. The van der Waals surface area contributed by atoms with E-state index in [0.29, 0.717) is 5.92 Å². The molecule has 0 spiro atoms. The van der Waals surface area contributed by atoms with Gasteiger partial charge in [-0.3, -0.25) is 0 Å². The highest BCUT2D eigenvalue weighted by molar-refractivity contribution is 5.86. The quantitative estimate of drug-likeness (QED) is 0.681. The van der Waals surface area contributed by atoms with Crippen LogP contribution in [0.15, 0.2) is 0 Å². The lowest BCUT2D eigenvalue weighted by atomic mass is 10.0. The van der Waals surface area contributed by atoms with Gasteiger partial charge in [-0.1, -0.05) is 0 Å². The van der Waals surface area contributed by atoms with Gasteiger partial charge in [0, 0.05) is 5.92 Å². The number of aldehydes is 1. The third-order valence-electron chi connectivity index (χ3n) is 1.58. The Hall–Kier alpha value is 0.500. The van der Waals surface area contributed by atoms with Crippen molar-refractivity contribution in [3.63, 3.8) is 0 Å². The van der Waals surface area contributed by atoms with Crippen LogP contribution in [-0.4, -0.2) is 19.4 Å². The maximum Gasteiger partial charge on any atom is 0.123 e. The Balaban J connectivity index is -0.000000213. The van der Waals surface area contributed by atoms with Gasteiger partial charge in [-0.25, -0.2) is 0 Å². The topological polar surface area (TPSA) is 29.1 Å². The highest BCUT2D eigenvalue weighted by atomic mass is 35.5. The Labute approximate surface area is 85.7 Å². The van der Waals surface area contributed by atoms with Gasteiger partial charge >= 0.3 is 0 Å². The SMILES string of the molecule is Cl.Cl.Cl.O=CC1CCNCC1. The first-order chi connectivity index (χ1) is 3.93. The molecule has 70 valence electrons. The maximum atomic E-state index is 10.1. The smallest absolute Gasteiger partial charge is 0.123 e. The summed E-state index contributed by atoms with van der Waals surface area (Å²) in [4.78, 5) is 10.1. The highest BCUT2D eigenvalue weighted by Gasteiger charge is 2.09. The van der Waals surface area contributed by atoms with Crippen LogP contribution >= 0.6 is 37.2 Å². The van der Waals surface area contributed by atoms with Crippen LogP contribution in [0.2, 0.25) is 0 Å². The fourth-order valence-electron chi connectivity index (χ4n) is 0.980. The second-order valence-electron chi connectivity index (χ2n) is 2.22. The van der Waals surface area contributed by atoms with E-state index in [1.165, 1.54) is 0 Å². The van der Waals surface area contributed by atoms with E-state index in [9.17, 15) is 4.79 Å². The summed E-state index contributed by atoms with van der Waals surface area (Å²) in [5, 5.41) is 3.19. The van der Waals surface area contributed by atoms with Gasteiger partial charge < -0.3 is 10.1 Å². The Kier molecular flexibility index (Phi) is 16.8. The number of piperidine rings is 1. The molecule has 2 nitrogen and oxygen atoms in total. The maximum absolute atomic E-state index is 10.1. The summed E-state index contributed by atoms with van der Waals surface area (Å²) in [7, 11) is 0. The Morgan fingerprint density at radius 1 is 1.09 bits per heavy atom. The van der Waals surface area contributed by atoms with E-state index in [0.717, 1.165) is 32.2 Å². The van der Waals surface area contributed by atoms with Crippen molar-refractivity contribution in [2.24, 2.45) is 5.92 Å². The summed E-state index contributed by atoms with van der Waals surface area (Å²) in [6.45, 7) is 2.03. The number of halogens is 3. The second-order valence-corrected chi connectivity index (χ2v) is 2.22. The van der Waals surface area contributed by atoms with Gasteiger partial charge in [-0.15, -0.1) is 37.2 Å². The number of hydrogen-bond acceptors (Lipinski definition) is 2. The molecule has 0 atom stereocenters. The molecule has 1 saturated heterocycles. The monoisotopic (exact) mass is 221 g/mol. The van der Waals surface area contributed by atoms with Crippen molar-refractivity contribution in [3.05, 3.63) is 0 Å². The molecule has 0 aromatic heterocycles. The largest absolute Gasteiger partial charge is 0.317 e. The number of rotatable bonds is 1. The van der Waals surface area contributed by atoms with Crippen molar-refractivity contribution in [1.82, 2.24) is 5.32 Å². The lowest BCUT2D eigenvalue weighted by Gasteiger charge is -2.16. The van der Waals surface area contributed by atoms with Gasteiger partial charge in [-0.2, -0.15) is 0 Å². The van der Waals surface area contributed by atoms with Crippen molar-refractivity contribution in [2.45, 2.75) is 12.8 Å². The number of hydrogen-bond donors (Lipinski definition) is 1. The highest BCUT2D eigenvalue weighted by Crippen LogP contribution is 2.06. The Morgan fingerprint density at radius 2 is 1.55 bits per heavy atom. The summed E-state index contributed by atoms with van der Waals surface area (Å²) in [5.74, 6) is 0.344. The molecule has 0 amide bonds. The second kappa shape index (κ2) is 10.5. The van der Waals surface area contributed by atoms with Gasteiger partial charge in [0.15, 0.2) is 0 Å². The molecule has 1 heterocycles. The van der Waals surface area contributed by atoms with Crippen LogP contribution in [0.25, 0.3) is 0 Å². The zero-order valence-electron chi connectivity index (χ0n) is 6.12. The molecule has 0 aliphatic carbocycles. The molecule has 1 N–H and O–H groups in total. The van der Waals surface area contributed by atoms with Crippen LogP contribution in [0.4, 0.5) is 0 Å². The molecule has 0 aromatic rings. The van der Waals surface area contributed by atoms with E-state index in [1.54, 1.807) is 0 Å². The average Bonchev–Trinajstić information content (AvgIpc) is 1.90. The van der Waals surface area contributed by atoms with Crippen LogP contribution in [0.3, 0.4) is 0 Å². The van der Waals surface area contributed by atoms with E-state index < -0.39 is 0 Å². The van der Waals surface area contributed by atoms with E-state index in [1.807, 2.05) is 0 Å². The van der Waals surface area contributed by atoms with Gasteiger partial charge in [0.2, 0.25) is 0 Å². The molecule has 1 rings (SSSR count). The molecule has 0 unspecified atom stereocenters. The summed E-state index contributed by atoms with van der Waals surface area (Å²) in [6, 6.07) is 0. The predicted octanol–water partition coefficient (Wildman–Crippen LogP) is 1.45. The van der Waals surface area contributed by atoms with Gasteiger partial charge in [0.25, 0.3) is 0 Å². The molecule has 0 bridgehead atoms. The van der Waals surface area contributed by atoms with E-state index >= 15 is 0 Å². The first-order valence-electron chi connectivity index (χ1n) is 3.09. The first kappa shape index (κ1) is 17.5. The van der Waals surface area contributed by atoms with Crippen LogP contribution < -0.4 is 5.32 Å². The lowest BCUT2D eigenvalue weighted by molar-refractivity contribution is -0.111. The van der Waals surface area contributed by atoms with Crippen LogP contribution in [0, 0.1) is 5.92 Å². The first-order valence-corrected chi connectivity index (χ1v) is 3.09. The molecule has 11 heavy (non-hydrogen) atoms. The minimum atomic E-state index is 0. The molecule has 1 aliphatic rings. The fraction of sp³-hybridized carbons (Fsp3) is 0.833. The number of nitrogens with one attached hydrogen (secondary N) is 1. The minimum Gasteiger partial charge on any atom is -0.317 e. The van der Waals surface area contributed by atoms with Crippen molar-refractivity contribution in [3.8, 4) is 0 Å². The molecule has 0 saturated carbocycles. The average molecular weight is 223 g/mol. The minimum absolute atomic E-state index is 0. The molecule has 0 radical (unpaired) electrons. The van der Waals surface area contributed by atoms with E-state index in [4.69, 9.17) is 0 Å². The third-order valence-corrected chi connectivity index (χ3v) is 1.58. The molecular formula is C6H14Cl3NO. The Bertz CT molecular complexity index is 85.9. The van der Waals surface area contributed by atoms with Crippen molar-refractivity contribution >= 4 is 43.5 Å². The van der Waals surface area contributed by atoms with E-state index in [-0.39, 0.29) is 37.2 Å². The van der Waals surface area contributed by atoms with Gasteiger partial charge in [-0.05, 0) is 25.9 Å². The fourth-order valence-corrected chi connectivity index (χ4v) is 0.980. The van der Waals surface area contributed by atoms with Crippen LogP contribution in [0.1, 0.15) is 12.8 Å². The Morgan fingerprint density at radius 3 is 1.82 bits per heavy atom. The van der Waals surface area contributed by atoms with Crippen molar-refractivity contribution in [2.75, 3.05) is 13.1 Å². The molecule has 0 aromatic carbocycles. The summed E-state index contributed by atoms with van der Waals surface area (Å²) < 4.78 is 0. The molecular weight excluding hydrogens is 208 g/mol. The third kappa shape index (κ3) is 6.88. The van der Waals surface area contributed by atoms with Crippen molar-refractivity contribution < 1.29 is 4.79 Å². The normalized spacial score (nSPS) is 16.7. The predicted molar refractivity (Wildman–Crippen MR) is 53.4 cm³/mol.